The van der Waals surface area contributed by atoms with Crippen molar-refractivity contribution in [3.63, 3.8) is 0 Å². The Kier molecular flexibility index (Phi) is 5.92. The Balaban J connectivity index is 1.75. The minimum absolute atomic E-state index is 0.0265. The van der Waals surface area contributed by atoms with Gasteiger partial charge in [0, 0.05) is 19.1 Å². The van der Waals surface area contributed by atoms with E-state index in [1.54, 1.807) is 6.07 Å². The van der Waals surface area contributed by atoms with E-state index in [9.17, 15) is 22.8 Å². The van der Waals surface area contributed by atoms with E-state index in [1.165, 1.54) is 0 Å². The number of hydrogen-bond acceptors (Lipinski definition) is 3. The van der Waals surface area contributed by atoms with Crippen molar-refractivity contribution in [2.75, 3.05) is 19.7 Å². The SMILES string of the molecule is Cc1ccc(OCC(=O)NC2CCN(C(=O)C(F)(F)F)CC2)cc1C. The predicted octanol–water partition coefficient (Wildman–Crippen LogP) is 2.35. The van der Waals surface area contributed by atoms with Gasteiger partial charge in [0.1, 0.15) is 5.75 Å². The summed E-state index contributed by atoms with van der Waals surface area (Å²) in [6.07, 6.45) is -4.27. The molecule has 2 amide bonds. The molecule has 8 heteroatoms. The normalized spacial score (nSPS) is 15.8. The molecule has 1 heterocycles. The van der Waals surface area contributed by atoms with Crippen molar-refractivity contribution >= 4 is 11.8 Å². The molecule has 1 aromatic carbocycles. The lowest BCUT2D eigenvalue weighted by molar-refractivity contribution is -0.186. The zero-order chi connectivity index (χ0) is 18.6. The average molecular weight is 358 g/mol. The van der Waals surface area contributed by atoms with Crippen molar-refractivity contribution in [3.8, 4) is 5.75 Å². The Morgan fingerprint density at radius 2 is 1.84 bits per heavy atom. The van der Waals surface area contributed by atoms with Gasteiger partial charge in [-0.1, -0.05) is 6.07 Å². The Bertz CT molecular complexity index is 639. The molecule has 0 radical (unpaired) electrons. The van der Waals surface area contributed by atoms with Crippen LogP contribution in [-0.4, -0.2) is 48.6 Å². The molecule has 1 fully saturated rings. The number of alkyl halides is 3. The standard InChI is InChI=1S/C17H21F3N2O3/c1-11-3-4-14(9-12(11)2)25-10-15(23)21-13-5-7-22(8-6-13)16(24)17(18,19)20/h3-4,9,13H,5-8,10H2,1-2H3,(H,21,23). The van der Waals surface area contributed by atoms with E-state index in [0.717, 1.165) is 16.0 Å². The predicted molar refractivity (Wildman–Crippen MR) is 85.2 cm³/mol. The number of nitrogens with one attached hydrogen (secondary N) is 1. The highest BCUT2D eigenvalue weighted by atomic mass is 19.4. The van der Waals surface area contributed by atoms with Crippen molar-refractivity contribution < 1.29 is 27.5 Å². The summed E-state index contributed by atoms with van der Waals surface area (Å²) in [5, 5.41) is 2.73. The molecule has 1 aliphatic rings. The second-order valence-electron chi connectivity index (χ2n) is 6.17. The average Bonchev–Trinajstić information content (AvgIpc) is 2.55. The van der Waals surface area contributed by atoms with Crippen LogP contribution in [0, 0.1) is 13.8 Å². The molecule has 0 atom stereocenters. The maximum absolute atomic E-state index is 12.4. The van der Waals surface area contributed by atoms with Crippen LogP contribution in [0.25, 0.3) is 0 Å². The number of piperidine rings is 1. The molecule has 1 aromatic rings. The van der Waals surface area contributed by atoms with E-state index in [0.29, 0.717) is 5.75 Å². The maximum atomic E-state index is 12.4. The highest BCUT2D eigenvalue weighted by Gasteiger charge is 2.43. The second kappa shape index (κ2) is 7.76. The summed E-state index contributed by atoms with van der Waals surface area (Å²) in [6.45, 7) is 3.70. The Morgan fingerprint density at radius 1 is 1.20 bits per heavy atom. The first-order chi connectivity index (χ1) is 11.7. The monoisotopic (exact) mass is 358 g/mol. The maximum Gasteiger partial charge on any atom is 0.471 e. The van der Waals surface area contributed by atoms with Crippen molar-refractivity contribution in [3.05, 3.63) is 29.3 Å². The third kappa shape index (κ3) is 5.37. The van der Waals surface area contributed by atoms with Crippen LogP contribution < -0.4 is 10.1 Å². The number of hydrogen-bond donors (Lipinski definition) is 1. The molecule has 0 saturated carbocycles. The molecule has 1 saturated heterocycles. The molecule has 0 aliphatic carbocycles. The van der Waals surface area contributed by atoms with Gasteiger partial charge in [-0.2, -0.15) is 13.2 Å². The number of halogens is 3. The third-order valence-corrected chi connectivity index (χ3v) is 4.24. The highest BCUT2D eigenvalue weighted by Crippen LogP contribution is 2.21. The summed E-state index contributed by atoms with van der Waals surface area (Å²) in [5.74, 6) is -1.57. The van der Waals surface area contributed by atoms with Crippen LogP contribution >= 0.6 is 0 Å². The van der Waals surface area contributed by atoms with Crippen LogP contribution in [0.15, 0.2) is 18.2 Å². The fourth-order valence-electron chi connectivity index (χ4n) is 2.63. The minimum atomic E-state index is -4.85. The largest absolute Gasteiger partial charge is 0.484 e. The Morgan fingerprint density at radius 3 is 2.40 bits per heavy atom. The number of benzene rings is 1. The van der Waals surface area contributed by atoms with E-state index >= 15 is 0 Å². The van der Waals surface area contributed by atoms with Gasteiger partial charge in [-0.25, -0.2) is 0 Å². The van der Waals surface area contributed by atoms with Crippen LogP contribution in [0.2, 0.25) is 0 Å². The first-order valence-electron chi connectivity index (χ1n) is 8.02. The molecule has 138 valence electrons. The number of aryl methyl sites for hydroxylation is 2. The van der Waals surface area contributed by atoms with Crippen molar-refractivity contribution in [2.45, 2.75) is 38.9 Å². The van der Waals surface area contributed by atoms with Crippen molar-refractivity contribution in [2.24, 2.45) is 0 Å². The fourth-order valence-corrected chi connectivity index (χ4v) is 2.63. The highest BCUT2D eigenvalue weighted by molar-refractivity contribution is 5.82. The Labute approximate surface area is 144 Å². The van der Waals surface area contributed by atoms with Crippen LogP contribution in [-0.2, 0) is 9.59 Å². The van der Waals surface area contributed by atoms with Gasteiger partial charge in [-0.15, -0.1) is 0 Å². The van der Waals surface area contributed by atoms with Crippen LogP contribution in [0.5, 0.6) is 5.75 Å². The first kappa shape index (κ1) is 19.1. The quantitative estimate of drug-likeness (QED) is 0.899. The Hall–Kier alpha value is -2.25. The van der Waals surface area contributed by atoms with E-state index in [-0.39, 0.29) is 44.5 Å². The zero-order valence-corrected chi connectivity index (χ0v) is 14.2. The number of carbonyl (C=O) groups excluding carboxylic acids is 2. The van der Waals surface area contributed by atoms with Gasteiger partial charge in [-0.05, 0) is 49.9 Å². The van der Waals surface area contributed by atoms with Crippen LogP contribution in [0.4, 0.5) is 13.2 Å². The summed E-state index contributed by atoms with van der Waals surface area (Å²) >= 11 is 0. The van der Waals surface area contributed by atoms with E-state index in [4.69, 9.17) is 4.74 Å². The van der Waals surface area contributed by atoms with Crippen molar-refractivity contribution in [1.82, 2.24) is 10.2 Å². The lowest BCUT2D eigenvalue weighted by atomic mass is 10.0. The van der Waals surface area contributed by atoms with Crippen LogP contribution in [0.3, 0.4) is 0 Å². The number of carbonyl (C=O) groups is 2. The molecule has 0 spiro atoms. The van der Waals surface area contributed by atoms with Crippen molar-refractivity contribution in [1.29, 1.82) is 0 Å². The van der Waals surface area contributed by atoms with Gasteiger partial charge < -0.3 is 15.0 Å². The third-order valence-electron chi connectivity index (χ3n) is 4.24. The molecule has 1 N–H and O–H groups in total. The van der Waals surface area contributed by atoms with E-state index in [2.05, 4.69) is 5.32 Å². The summed E-state index contributed by atoms with van der Waals surface area (Å²) in [4.78, 5) is 23.8. The molecule has 0 aromatic heterocycles. The summed E-state index contributed by atoms with van der Waals surface area (Å²) in [6, 6.07) is 5.25. The summed E-state index contributed by atoms with van der Waals surface area (Å²) in [7, 11) is 0. The fraction of sp³-hybridized carbons (Fsp3) is 0.529. The van der Waals surface area contributed by atoms with Gasteiger partial charge in [0.05, 0.1) is 0 Å². The molecule has 5 nitrogen and oxygen atoms in total. The van der Waals surface area contributed by atoms with Gasteiger partial charge in [-0.3, -0.25) is 9.59 Å². The molecule has 1 aliphatic heterocycles. The first-order valence-corrected chi connectivity index (χ1v) is 8.02. The van der Waals surface area contributed by atoms with Gasteiger partial charge >= 0.3 is 12.1 Å². The summed E-state index contributed by atoms with van der Waals surface area (Å²) in [5.41, 5.74) is 2.18. The van der Waals surface area contributed by atoms with Gasteiger partial charge in [0.15, 0.2) is 6.61 Å². The van der Waals surface area contributed by atoms with Crippen LogP contribution in [0.1, 0.15) is 24.0 Å². The topological polar surface area (TPSA) is 58.6 Å². The number of likely N-dealkylation sites (tertiary alicyclic amines) is 1. The molecular formula is C17H21F3N2O3. The van der Waals surface area contributed by atoms with E-state index < -0.39 is 12.1 Å². The minimum Gasteiger partial charge on any atom is -0.484 e. The van der Waals surface area contributed by atoms with Gasteiger partial charge in [0.2, 0.25) is 0 Å². The molecular weight excluding hydrogens is 337 g/mol. The zero-order valence-electron chi connectivity index (χ0n) is 14.2. The number of amides is 2. The smallest absolute Gasteiger partial charge is 0.471 e. The number of nitrogens with zero attached hydrogens (tertiary/aromatic N) is 1. The lowest BCUT2D eigenvalue weighted by Crippen LogP contribution is -2.50. The number of ether oxygens (including phenoxy) is 1. The summed E-state index contributed by atoms with van der Waals surface area (Å²) < 4.78 is 42.6. The lowest BCUT2D eigenvalue weighted by Gasteiger charge is -2.32. The molecule has 0 unspecified atom stereocenters. The molecule has 25 heavy (non-hydrogen) atoms. The molecule has 2 rings (SSSR count). The molecule has 0 bridgehead atoms. The van der Waals surface area contributed by atoms with E-state index in [1.807, 2.05) is 26.0 Å². The second-order valence-corrected chi connectivity index (χ2v) is 6.17. The number of rotatable bonds is 4. The van der Waals surface area contributed by atoms with Gasteiger partial charge in [0.25, 0.3) is 5.91 Å².